The molecule has 0 spiro atoms. The first-order valence-corrected chi connectivity index (χ1v) is 6.23. The van der Waals surface area contributed by atoms with Crippen LogP contribution in [0.15, 0.2) is 49.1 Å². The van der Waals surface area contributed by atoms with Crippen LogP contribution in [0.3, 0.4) is 0 Å². The zero-order chi connectivity index (χ0) is 15.7. The van der Waals surface area contributed by atoms with Gasteiger partial charge in [0.1, 0.15) is 0 Å². The molecule has 0 aliphatic rings. The molecule has 0 fully saturated rings. The van der Waals surface area contributed by atoms with Gasteiger partial charge in [-0.25, -0.2) is 19.6 Å². The molecular weight excluding hydrogens is 288 g/mol. The molecule has 0 saturated carbocycles. The molecule has 110 valence electrons. The van der Waals surface area contributed by atoms with Gasteiger partial charge in [-0.2, -0.15) is 0 Å². The second-order valence-corrected chi connectivity index (χ2v) is 4.36. The van der Waals surface area contributed by atoms with E-state index in [0.717, 1.165) is 0 Å². The third-order valence-electron chi connectivity index (χ3n) is 2.96. The van der Waals surface area contributed by atoms with Crippen LogP contribution < -0.4 is 0 Å². The van der Waals surface area contributed by atoms with E-state index in [1.165, 1.54) is 9.13 Å². The number of aromatic nitrogens is 4. The molecule has 0 atom stereocenters. The molecule has 2 N–H and O–H groups in total. The first-order chi connectivity index (χ1) is 10.6. The average Bonchev–Trinajstić information content (AvgIpc) is 3.19. The van der Waals surface area contributed by atoms with E-state index >= 15 is 0 Å². The van der Waals surface area contributed by atoms with E-state index in [1.54, 1.807) is 49.1 Å². The monoisotopic (exact) mass is 298 g/mol. The van der Waals surface area contributed by atoms with Crippen molar-refractivity contribution in [1.82, 2.24) is 19.1 Å². The highest BCUT2D eigenvalue weighted by Gasteiger charge is 2.23. The fraction of sp³-hybridized carbons (Fsp3) is 0. The Labute approximate surface area is 123 Å². The van der Waals surface area contributed by atoms with Crippen LogP contribution in [0.1, 0.15) is 21.0 Å². The van der Waals surface area contributed by atoms with Gasteiger partial charge >= 0.3 is 11.9 Å². The molecule has 22 heavy (non-hydrogen) atoms. The number of aromatic carboxylic acids is 2. The largest absolute Gasteiger partial charge is 0.476 e. The number of hydrogen-bond donors (Lipinski definition) is 2. The van der Waals surface area contributed by atoms with Gasteiger partial charge in [-0.1, -0.05) is 0 Å². The van der Waals surface area contributed by atoms with Gasteiger partial charge < -0.3 is 19.3 Å². The van der Waals surface area contributed by atoms with Crippen molar-refractivity contribution in [2.24, 2.45) is 0 Å². The third kappa shape index (κ3) is 2.22. The van der Waals surface area contributed by atoms with Gasteiger partial charge in [-0.15, -0.1) is 0 Å². The van der Waals surface area contributed by atoms with E-state index in [1.807, 2.05) is 0 Å². The minimum absolute atomic E-state index is 0.0502. The van der Waals surface area contributed by atoms with Gasteiger partial charge in [-0.05, 0) is 24.3 Å². The van der Waals surface area contributed by atoms with E-state index in [4.69, 9.17) is 0 Å². The minimum Gasteiger partial charge on any atom is -0.476 e. The fourth-order valence-electron chi connectivity index (χ4n) is 2.02. The number of carboxylic acid groups (broad SMARTS) is 2. The summed E-state index contributed by atoms with van der Waals surface area (Å²) >= 11 is 0. The molecular formula is C14H10N4O4. The zero-order valence-corrected chi connectivity index (χ0v) is 11.1. The molecule has 3 heterocycles. The minimum atomic E-state index is -1.29. The number of nitrogens with zero attached hydrogens (tertiary/aromatic N) is 4. The third-order valence-corrected chi connectivity index (χ3v) is 2.96. The van der Waals surface area contributed by atoms with Crippen LogP contribution in [-0.2, 0) is 0 Å². The van der Waals surface area contributed by atoms with E-state index in [2.05, 4.69) is 9.97 Å². The summed E-state index contributed by atoms with van der Waals surface area (Å²) in [5.74, 6) is -2.68. The summed E-state index contributed by atoms with van der Waals surface area (Å²) in [6.45, 7) is 0. The molecule has 0 aliphatic heterocycles. The maximum absolute atomic E-state index is 11.4. The number of carbonyl (C=O) groups is 2. The van der Waals surface area contributed by atoms with Crippen LogP contribution in [0.2, 0.25) is 0 Å². The molecule has 0 saturated heterocycles. The van der Waals surface area contributed by atoms with Crippen molar-refractivity contribution in [3.63, 3.8) is 0 Å². The normalized spacial score (nSPS) is 10.5. The lowest BCUT2D eigenvalue weighted by Crippen LogP contribution is -2.18. The van der Waals surface area contributed by atoms with Crippen molar-refractivity contribution in [2.75, 3.05) is 0 Å². The van der Waals surface area contributed by atoms with Crippen LogP contribution in [-0.4, -0.2) is 41.3 Å². The van der Waals surface area contributed by atoms with Crippen molar-refractivity contribution >= 4 is 11.9 Å². The molecule has 0 amide bonds. The first-order valence-electron chi connectivity index (χ1n) is 6.23. The van der Waals surface area contributed by atoms with Crippen LogP contribution in [0.5, 0.6) is 0 Å². The summed E-state index contributed by atoms with van der Waals surface area (Å²) in [4.78, 5) is 30.9. The van der Waals surface area contributed by atoms with Gasteiger partial charge in [0.2, 0.25) is 0 Å². The Hall–Kier alpha value is -3.42. The Morgan fingerprint density at radius 1 is 0.727 bits per heavy atom. The molecule has 0 unspecified atom stereocenters. The molecule has 0 radical (unpaired) electrons. The van der Waals surface area contributed by atoms with E-state index in [-0.39, 0.29) is 23.0 Å². The smallest absolute Gasteiger partial charge is 0.358 e. The molecule has 8 nitrogen and oxygen atoms in total. The van der Waals surface area contributed by atoms with Crippen molar-refractivity contribution in [1.29, 1.82) is 0 Å². The van der Waals surface area contributed by atoms with Crippen molar-refractivity contribution in [3.8, 4) is 11.6 Å². The molecule has 3 aromatic rings. The molecule has 8 heteroatoms. The van der Waals surface area contributed by atoms with E-state index in [0.29, 0.717) is 0 Å². The van der Waals surface area contributed by atoms with Crippen LogP contribution in [0.4, 0.5) is 0 Å². The van der Waals surface area contributed by atoms with Crippen molar-refractivity contribution < 1.29 is 19.8 Å². The highest BCUT2D eigenvalue weighted by atomic mass is 16.4. The fourth-order valence-corrected chi connectivity index (χ4v) is 2.02. The predicted molar refractivity (Wildman–Crippen MR) is 74.6 cm³/mol. The number of hydrogen-bond acceptors (Lipinski definition) is 4. The second kappa shape index (κ2) is 5.17. The summed E-state index contributed by atoms with van der Waals surface area (Å²) in [5.41, 5.74) is -0.658. The maximum atomic E-state index is 11.4. The van der Waals surface area contributed by atoms with Crippen LogP contribution >= 0.6 is 0 Å². The highest BCUT2D eigenvalue weighted by Crippen LogP contribution is 2.18. The van der Waals surface area contributed by atoms with Crippen molar-refractivity contribution in [3.05, 3.63) is 60.4 Å². The lowest BCUT2D eigenvalue weighted by Gasteiger charge is -2.11. The van der Waals surface area contributed by atoms with Gasteiger partial charge in [0.05, 0.1) is 0 Å². The van der Waals surface area contributed by atoms with E-state index in [9.17, 15) is 19.8 Å². The van der Waals surface area contributed by atoms with Gasteiger partial charge in [0.15, 0.2) is 23.0 Å². The van der Waals surface area contributed by atoms with Gasteiger partial charge in [0.25, 0.3) is 0 Å². The standard InChI is InChI=1S/C14H10N4O4/c19-13(20)9-11(17-5-1-2-6-17)15-10(14(21)22)12(16-9)18-7-3-4-8-18/h1-8H,(H,19,20)(H,21,22). The summed E-state index contributed by atoms with van der Waals surface area (Å²) in [6, 6.07) is 6.70. The lowest BCUT2D eigenvalue weighted by atomic mass is 10.3. The molecule has 3 rings (SSSR count). The first kappa shape index (κ1) is 13.6. The molecule has 0 aromatic carbocycles. The Balaban J connectivity index is 2.31. The summed E-state index contributed by atoms with van der Waals surface area (Å²) in [6.07, 6.45) is 6.27. The zero-order valence-electron chi connectivity index (χ0n) is 11.1. The number of rotatable bonds is 4. The van der Waals surface area contributed by atoms with Gasteiger partial charge in [-0.3, -0.25) is 0 Å². The maximum Gasteiger partial charge on any atom is 0.358 e. The second-order valence-electron chi connectivity index (χ2n) is 4.36. The quantitative estimate of drug-likeness (QED) is 0.754. The Bertz CT molecular complexity index is 766. The van der Waals surface area contributed by atoms with Gasteiger partial charge in [0, 0.05) is 24.8 Å². The predicted octanol–water partition coefficient (Wildman–Crippen LogP) is 1.45. The molecule has 0 bridgehead atoms. The SMILES string of the molecule is O=C(O)c1nc(-n2cccc2)c(C(=O)O)nc1-n1cccc1. The lowest BCUT2D eigenvalue weighted by molar-refractivity contribution is 0.0670. The summed E-state index contributed by atoms with van der Waals surface area (Å²) < 4.78 is 2.81. The van der Waals surface area contributed by atoms with Crippen LogP contribution in [0, 0.1) is 0 Å². The molecule has 0 aliphatic carbocycles. The van der Waals surface area contributed by atoms with Crippen LogP contribution in [0.25, 0.3) is 11.6 Å². The summed E-state index contributed by atoms with van der Waals surface area (Å²) in [7, 11) is 0. The number of carboxylic acids is 2. The Morgan fingerprint density at radius 3 is 1.32 bits per heavy atom. The molecule has 3 aromatic heterocycles. The van der Waals surface area contributed by atoms with E-state index < -0.39 is 11.9 Å². The Kier molecular flexibility index (Phi) is 3.18. The van der Waals surface area contributed by atoms with Crippen molar-refractivity contribution in [2.45, 2.75) is 0 Å². The summed E-state index contributed by atoms with van der Waals surface area (Å²) in [5, 5.41) is 18.7. The topological polar surface area (TPSA) is 110 Å². The Morgan fingerprint density at radius 2 is 1.05 bits per heavy atom. The highest BCUT2D eigenvalue weighted by molar-refractivity contribution is 5.93. The average molecular weight is 298 g/mol.